The number of pyridine rings is 1. The quantitative estimate of drug-likeness (QED) is 0.720. The molecule has 0 spiro atoms. The maximum atomic E-state index is 5.78. The van der Waals surface area contributed by atoms with Gasteiger partial charge in [-0.1, -0.05) is 0 Å². The smallest absolute Gasteiger partial charge is 0.214 e. The fraction of sp³-hybridized carbons (Fsp3) is 0.583. The maximum Gasteiger partial charge on any atom is 0.214 e. The van der Waals surface area contributed by atoms with Crippen LogP contribution < -0.4 is 4.74 Å². The van der Waals surface area contributed by atoms with Crippen molar-refractivity contribution in [2.75, 3.05) is 13.2 Å². The minimum atomic E-state index is -0.00238. The lowest BCUT2D eigenvalue weighted by molar-refractivity contribution is 0.0632. The van der Waals surface area contributed by atoms with Gasteiger partial charge in [0, 0.05) is 24.2 Å². The van der Waals surface area contributed by atoms with Crippen LogP contribution in [0.1, 0.15) is 25.1 Å². The van der Waals surface area contributed by atoms with Gasteiger partial charge in [-0.05, 0) is 32.4 Å². The van der Waals surface area contributed by atoms with E-state index in [-0.39, 0.29) is 6.10 Å². The van der Waals surface area contributed by atoms with E-state index in [0.29, 0.717) is 25.0 Å². The molecule has 0 amide bonds. The van der Waals surface area contributed by atoms with Crippen molar-refractivity contribution in [1.29, 1.82) is 0 Å². The van der Waals surface area contributed by atoms with Crippen molar-refractivity contribution in [2.45, 2.75) is 32.8 Å². The summed E-state index contributed by atoms with van der Waals surface area (Å²) in [5.74, 6) is 1.09. The summed E-state index contributed by atoms with van der Waals surface area (Å²) < 4.78 is 10.9. The van der Waals surface area contributed by atoms with Gasteiger partial charge in [0.25, 0.3) is 0 Å². The average molecular weight is 244 g/mol. The first-order valence-corrected chi connectivity index (χ1v) is 5.97. The first kappa shape index (κ1) is 13.3. The van der Waals surface area contributed by atoms with E-state index < -0.39 is 0 Å². The summed E-state index contributed by atoms with van der Waals surface area (Å²) in [6.45, 7) is 7.11. The number of aryl methyl sites for hydroxylation is 1. The number of nitrogens with zero attached hydrogens (tertiary/aromatic N) is 1. The molecule has 0 radical (unpaired) electrons. The molecule has 1 heterocycles. The van der Waals surface area contributed by atoms with Crippen molar-refractivity contribution in [3.8, 4) is 5.88 Å². The molecule has 1 aromatic rings. The zero-order valence-corrected chi connectivity index (χ0v) is 10.8. The Bertz CT molecular complexity index is 331. The SMILES string of the molecule is CCOCC(C)Oc1cc(CCl)cc(C)n1. The van der Waals surface area contributed by atoms with Crippen molar-refractivity contribution in [3.05, 3.63) is 23.4 Å². The van der Waals surface area contributed by atoms with Crippen LogP contribution >= 0.6 is 11.6 Å². The van der Waals surface area contributed by atoms with E-state index in [2.05, 4.69) is 4.98 Å². The van der Waals surface area contributed by atoms with Gasteiger partial charge in [0.05, 0.1) is 6.61 Å². The molecule has 1 rings (SSSR count). The lowest BCUT2D eigenvalue weighted by Crippen LogP contribution is -2.19. The third-order valence-corrected chi connectivity index (χ3v) is 2.33. The molecule has 0 saturated carbocycles. The first-order chi connectivity index (χ1) is 7.65. The second kappa shape index (κ2) is 6.71. The van der Waals surface area contributed by atoms with Crippen molar-refractivity contribution in [3.63, 3.8) is 0 Å². The van der Waals surface area contributed by atoms with Crippen LogP contribution in [0.5, 0.6) is 5.88 Å². The van der Waals surface area contributed by atoms with Crippen molar-refractivity contribution in [1.82, 2.24) is 4.98 Å². The van der Waals surface area contributed by atoms with Crippen LogP contribution in [0.4, 0.5) is 0 Å². The number of aromatic nitrogens is 1. The molecule has 3 nitrogen and oxygen atoms in total. The largest absolute Gasteiger partial charge is 0.472 e. The molecule has 0 N–H and O–H groups in total. The Hall–Kier alpha value is -0.800. The molecule has 0 aromatic carbocycles. The van der Waals surface area contributed by atoms with Gasteiger partial charge in [0.15, 0.2) is 0 Å². The molecular weight excluding hydrogens is 226 g/mol. The molecule has 16 heavy (non-hydrogen) atoms. The molecule has 90 valence electrons. The van der Waals surface area contributed by atoms with E-state index >= 15 is 0 Å². The number of rotatable bonds is 6. The highest BCUT2D eigenvalue weighted by Gasteiger charge is 2.06. The van der Waals surface area contributed by atoms with Crippen LogP contribution in [-0.2, 0) is 10.6 Å². The fourth-order valence-corrected chi connectivity index (χ4v) is 1.52. The summed E-state index contributed by atoms with van der Waals surface area (Å²) in [4.78, 5) is 4.29. The Kier molecular flexibility index (Phi) is 5.56. The second-order valence-corrected chi connectivity index (χ2v) is 3.94. The summed E-state index contributed by atoms with van der Waals surface area (Å²) in [6.07, 6.45) is -0.00238. The number of halogens is 1. The normalized spacial score (nSPS) is 12.5. The zero-order chi connectivity index (χ0) is 12.0. The van der Waals surface area contributed by atoms with E-state index in [1.165, 1.54) is 0 Å². The van der Waals surface area contributed by atoms with Crippen LogP contribution in [0.2, 0.25) is 0 Å². The highest BCUT2D eigenvalue weighted by atomic mass is 35.5. The molecule has 0 aliphatic heterocycles. The molecule has 0 bridgehead atoms. The second-order valence-electron chi connectivity index (χ2n) is 3.68. The highest BCUT2D eigenvalue weighted by molar-refractivity contribution is 6.17. The Morgan fingerprint density at radius 1 is 1.44 bits per heavy atom. The molecule has 1 atom stereocenters. The molecule has 0 aliphatic carbocycles. The summed E-state index contributed by atoms with van der Waals surface area (Å²) in [5, 5.41) is 0. The number of alkyl halides is 1. The molecule has 0 fully saturated rings. The standard InChI is InChI=1S/C12H18ClNO2/c1-4-15-8-10(3)16-12-6-11(7-13)5-9(2)14-12/h5-6,10H,4,7-8H2,1-3H3. The van der Waals surface area contributed by atoms with Crippen LogP contribution in [0, 0.1) is 6.92 Å². The van der Waals surface area contributed by atoms with Crippen LogP contribution in [0.25, 0.3) is 0 Å². The summed E-state index contributed by atoms with van der Waals surface area (Å²) in [6, 6.07) is 3.81. The van der Waals surface area contributed by atoms with E-state index in [1.54, 1.807) is 0 Å². The van der Waals surface area contributed by atoms with E-state index in [4.69, 9.17) is 21.1 Å². The molecule has 1 unspecified atom stereocenters. The molecule has 4 heteroatoms. The van der Waals surface area contributed by atoms with Gasteiger partial charge in [-0.15, -0.1) is 11.6 Å². The molecule has 1 aromatic heterocycles. The predicted molar refractivity (Wildman–Crippen MR) is 65.1 cm³/mol. The van der Waals surface area contributed by atoms with E-state index in [0.717, 1.165) is 11.3 Å². The number of ether oxygens (including phenoxy) is 2. The van der Waals surface area contributed by atoms with E-state index in [9.17, 15) is 0 Å². The predicted octanol–water partition coefficient (Wildman–Crippen LogP) is 2.93. The van der Waals surface area contributed by atoms with Gasteiger partial charge in [0.1, 0.15) is 6.10 Å². The zero-order valence-electron chi connectivity index (χ0n) is 10.00. The first-order valence-electron chi connectivity index (χ1n) is 5.43. The minimum Gasteiger partial charge on any atom is -0.472 e. The van der Waals surface area contributed by atoms with Gasteiger partial charge in [-0.25, -0.2) is 4.98 Å². The Balaban J connectivity index is 2.61. The van der Waals surface area contributed by atoms with Gasteiger partial charge < -0.3 is 9.47 Å². The monoisotopic (exact) mass is 243 g/mol. The van der Waals surface area contributed by atoms with Crippen LogP contribution in [0.3, 0.4) is 0 Å². The fourth-order valence-electron chi connectivity index (χ4n) is 1.37. The minimum absolute atomic E-state index is 0.00238. The topological polar surface area (TPSA) is 31.4 Å². The van der Waals surface area contributed by atoms with Crippen molar-refractivity contribution < 1.29 is 9.47 Å². The number of hydrogen-bond acceptors (Lipinski definition) is 3. The summed E-state index contributed by atoms with van der Waals surface area (Å²) >= 11 is 5.78. The highest BCUT2D eigenvalue weighted by Crippen LogP contribution is 2.15. The Morgan fingerprint density at radius 3 is 2.81 bits per heavy atom. The van der Waals surface area contributed by atoms with Gasteiger partial charge in [-0.3, -0.25) is 0 Å². The third-order valence-electron chi connectivity index (χ3n) is 2.02. The number of hydrogen-bond donors (Lipinski definition) is 0. The summed E-state index contributed by atoms with van der Waals surface area (Å²) in [7, 11) is 0. The van der Waals surface area contributed by atoms with Crippen molar-refractivity contribution in [2.24, 2.45) is 0 Å². The molecule has 0 saturated heterocycles. The van der Waals surface area contributed by atoms with Gasteiger partial charge in [-0.2, -0.15) is 0 Å². The van der Waals surface area contributed by atoms with Crippen LogP contribution in [0.15, 0.2) is 12.1 Å². The molecule has 0 aliphatic rings. The lowest BCUT2D eigenvalue weighted by Gasteiger charge is -2.14. The summed E-state index contributed by atoms with van der Waals surface area (Å²) in [5.41, 5.74) is 1.93. The molecular formula is C12H18ClNO2. The Labute approximate surface area is 102 Å². The van der Waals surface area contributed by atoms with E-state index in [1.807, 2.05) is 32.9 Å². The van der Waals surface area contributed by atoms with Gasteiger partial charge in [0.2, 0.25) is 5.88 Å². The van der Waals surface area contributed by atoms with Gasteiger partial charge >= 0.3 is 0 Å². The third kappa shape index (κ3) is 4.37. The van der Waals surface area contributed by atoms with Crippen molar-refractivity contribution >= 4 is 11.6 Å². The lowest BCUT2D eigenvalue weighted by atomic mass is 10.2. The maximum absolute atomic E-state index is 5.78. The average Bonchev–Trinajstić information content (AvgIpc) is 2.25. The van der Waals surface area contributed by atoms with Crippen LogP contribution in [-0.4, -0.2) is 24.3 Å². The Morgan fingerprint density at radius 2 is 2.19 bits per heavy atom.